The molecule has 0 aliphatic carbocycles. The Balaban J connectivity index is 1.31. The minimum atomic E-state index is 1.06. The van der Waals surface area contributed by atoms with Gasteiger partial charge < -0.3 is 0 Å². The Kier molecular flexibility index (Phi) is 7.29. The van der Waals surface area contributed by atoms with Gasteiger partial charge in [-0.25, -0.2) is 0 Å². The molecule has 0 atom stereocenters. The lowest BCUT2D eigenvalue weighted by atomic mass is 9.84. The van der Waals surface area contributed by atoms with Gasteiger partial charge in [0.05, 0.1) is 0 Å². The molecule has 232 valence electrons. The van der Waals surface area contributed by atoms with E-state index < -0.39 is 0 Å². The van der Waals surface area contributed by atoms with Gasteiger partial charge in [0.25, 0.3) is 0 Å². The lowest BCUT2D eigenvalue weighted by Crippen LogP contribution is -1.93. The van der Waals surface area contributed by atoms with Gasteiger partial charge >= 0.3 is 0 Å². The maximum Gasteiger partial charge on any atom is -0.00261 e. The van der Waals surface area contributed by atoms with E-state index in [2.05, 4.69) is 183 Å². The highest BCUT2D eigenvalue weighted by Gasteiger charge is 2.18. The van der Waals surface area contributed by atoms with Gasteiger partial charge in [0, 0.05) is 0 Å². The van der Waals surface area contributed by atoms with E-state index in [0.717, 1.165) is 12.8 Å². The van der Waals surface area contributed by atoms with Gasteiger partial charge in [0.1, 0.15) is 0 Å². The summed E-state index contributed by atoms with van der Waals surface area (Å²) in [6.45, 7) is 2.27. The summed E-state index contributed by atoms with van der Waals surface area (Å²) in [6.07, 6.45) is 2.18. The maximum atomic E-state index is 2.46. The van der Waals surface area contributed by atoms with Crippen molar-refractivity contribution < 1.29 is 0 Å². The van der Waals surface area contributed by atoms with Crippen LogP contribution in [0.3, 0.4) is 0 Å². The van der Waals surface area contributed by atoms with E-state index in [1.54, 1.807) is 0 Å². The maximum absolute atomic E-state index is 2.46. The van der Waals surface area contributed by atoms with Crippen LogP contribution >= 0.6 is 0 Å². The SMILES string of the molecule is CCCc1ccc2c(-c3cccc(-c4cccc5ccccc45)c3)c3ccccc3c(-c3cccc(-c4cccc5ccccc45)c3)c2c1. The standard InChI is InChI=1S/C49H36/c1-2-13-33-28-29-46-47(30-33)49(39-21-10-19-37(32-39)43-27-12-17-35-15-4-6-23-41(35)43)45-25-8-7-24-44(45)48(46)38-20-9-18-36(31-38)42-26-11-16-34-14-3-5-22-40(34)42/h3-12,14-32H,2,13H2,1H3. The average molecular weight is 625 g/mol. The summed E-state index contributed by atoms with van der Waals surface area (Å²) in [7, 11) is 0. The van der Waals surface area contributed by atoms with Crippen molar-refractivity contribution in [3.63, 3.8) is 0 Å². The first-order valence-electron chi connectivity index (χ1n) is 17.4. The second kappa shape index (κ2) is 12.2. The van der Waals surface area contributed by atoms with Gasteiger partial charge in [-0.3, -0.25) is 0 Å². The Morgan fingerprint density at radius 2 is 0.755 bits per heavy atom. The van der Waals surface area contributed by atoms with Crippen LogP contribution in [0.25, 0.3) is 87.6 Å². The first kappa shape index (κ1) is 29.2. The Labute approximate surface area is 287 Å². The molecule has 0 heterocycles. The third-order valence-electron chi connectivity index (χ3n) is 10.1. The van der Waals surface area contributed by atoms with Crippen molar-refractivity contribution in [2.24, 2.45) is 0 Å². The lowest BCUT2D eigenvalue weighted by Gasteiger charge is -2.20. The Hall–Kier alpha value is -5.98. The zero-order valence-corrected chi connectivity index (χ0v) is 27.7. The first-order valence-corrected chi connectivity index (χ1v) is 17.4. The van der Waals surface area contributed by atoms with Crippen molar-refractivity contribution in [3.05, 3.63) is 181 Å². The highest BCUT2D eigenvalue weighted by molar-refractivity contribution is 6.22. The molecule has 0 aliphatic heterocycles. The Morgan fingerprint density at radius 3 is 1.31 bits per heavy atom. The molecule has 9 rings (SSSR count). The van der Waals surface area contributed by atoms with Crippen LogP contribution in [-0.4, -0.2) is 0 Å². The first-order chi connectivity index (χ1) is 24.3. The number of benzene rings is 9. The number of aryl methyl sites for hydroxylation is 1. The van der Waals surface area contributed by atoms with E-state index in [1.807, 2.05) is 0 Å². The zero-order valence-electron chi connectivity index (χ0n) is 27.7. The topological polar surface area (TPSA) is 0 Å². The highest BCUT2D eigenvalue weighted by atomic mass is 14.2. The van der Waals surface area contributed by atoms with Crippen molar-refractivity contribution in [1.82, 2.24) is 0 Å². The Morgan fingerprint density at radius 1 is 0.327 bits per heavy atom. The average Bonchev–Trinajstić information content (AvgIpc) is 3.16. The fraction of sp³-hybridized carbons (Fsp3) is 0.0612. The van der Waals surface area contributed by atoms with Crippen LogP contribution in [0.5, 0.6) is 0 Å². The van der Waals surface area contributed by atoms with E-state index >= 15 is 0 Å². The molecule has 0 heteroatoms. The van der Waals surface area contributed by atoms with Crippen molar-refractivity contribution in [2.75, 3.05) is 0 Å². The summed E-state index contributed by atoms with van der Waals surface area (Å²) >= 11 is 0. The summed E-state index contributed by atoms with van der Waals surface area (Å²) in [6, 6.07) is 65.2. The van der Waals surface area contributed by atoms with Crippen LogP contribution in [0.1, 0.15) is 18.9 Å². The van der Waals surface area contributed by atoms with Crippen LogP contribution < -0.4 is 0 Å². The summed E-state index contributed by atoms with van der Waals surface area (Å²) in [5.41, 5.74) is 11.5. The summed E-state index contributed by atoms with van der Waals surface area (Å²) in [5, 5.41) is 10.2. The van der Waals surface area contributed by atoms with E-state index in [9.17, 15) is 0 Å². The Bertz CT molecular complexity index is 2660. The molecule has 0 radical (unpaired) electrons. The van der Waals surface area contributed by atoms with Crippen LogP contribution in [0.4, 0.5) is 0 Å². The van der Waals surface area contributed by atoms with Crippen LogP contribution in [0.2, 0.25) is 0 Å². The number of rotatable bonds is 6. The lowest BCUT2D eigenvalue weighted by molar-refractivity contribution is 0.924. The van der Waals surface area contributed by atoms with Gasteiger partial charge in [-0.2, -0.15) is 0 Å². The molecule has 0 saturated heterocycles. The summed E-state index contributed by atoms with van der Waals surface area (Å²) < 4.78 is 0. The molecular weight excluding hydrogens is 589 g/mol. The van der Waals surface area contributed by atoms with Gasteiger partial charge in [-0.1, -0.05) is 177 Å². The molecule has 0 N–H and O–H groups in total. The molecule has 0 spiro atoms. The van der Waals surface area contributed by atoms with Gasteiger partial charge in [-0.15, -0.1) is 0 Å². The fourth-order valence-electron chi connectivity index (χ4n) is 7.93. The normalized spacial score (nSPS) is 11.5. The molecule has 0 nitrogen and oxygen atoms in total. The van der Waals surface area contributed by atoms with E-state index in [4.69, 9.17) is 0 Å². The molecule has 0 aromatic heterocycles. The third-order valence-corrected chi connectivity index (χ3v) is 10.1. The van der Waals surface area contributed by atoms with Crippen LogP contribution in [0.15, 0.2) is 176 Å². The zero-order chi connectivity index (χ0) is 32.7. The second-order valence-electron chi connectivity index (χ2n) is 13.1. The van der Waals surface area contributed by atoms with Crippen molar-refractivity contribution >= 4 is 43.1 Å². The van der Waals surface area contributed by atoms with Crippen molar-refractivity contribution in [1.29, 1.82) is 0 Å². The molecular formula is C49H36. The van der Waals surface area contributed by atoms with Gasteiger partial charge in [0.15, 0.2) is 0 Å². The minimum absolute atomic E-state index is 1.06. The summed E-state index contributed by atoms with van der Waals surface area (Å²) in [5.74, 6) is 0. The molecule has 0 aliphatic rings. The highest BCUT2D eigenvalue weighted by Crippen LogP contribution is 2.45. The van der Waals surface area contributed by atoms with E-state index in [0.29, 0.717) is 0 Å². The number of hydrogen-bond donors (Lipinski definition) is 0. The van der Waals surface area contributed by atoms with Crippen molar-refractivity contribution in [3.8, 4) is 44.5 Å². The van der Waals surface area contributed by atoms with Crippen LogP contribution in [-0.2, 0) is 6.42 Å². The molecule has 0 saturated carbocycles. The van der Waals surface area contributed by atoms with Gasteiger partial charge in [0.2, 0.25) is 0 Å². The predicted molar refractivity (Wildman–Crippen MR) is 212 cm³/mol. The quantitative estimate of drug-likeness (QED) is 0.162. The van der Waals surface area contributed by atoms with Crippen LogP contribution in [0, 0.1) is 0 Å². The number of hydrogen-bond acceptors (Lipinski definition) is 0. The molecule has 0 fully saturated rings. The fourth-order valence-corrected chi connectivity index (χ4v) is 7.93. The minimum Gasteiger partial charge on any atom is -0.0651 e. The second-order valence-corrected chi connectivity index (χ2v) is 13.1. The molecule has 9 aromatic rings. The van der Waals surface area contributed by atoms with Gasteiger partial charge in [-0.05, 0) is 112 Å². The number of fused-ring (bicyclic) bond motifs is 4. The molecule has 9 aromatic carbocycles. The van der Waals surface area contributed by atoms with E-state index in [-0.39, 0.29) is 0 Å². The summed E-state index contributed by atoms with van der Waals surface area (Å²) in [4.78, 5) is 0. The third kappa shape index (κ3) is 5.09. The van der Waals surface area contributed by atoms with Crippen molar-refractivity contribution in [2.45, 2.75) is 19.8 Å². The molecule has 0 unspecified atom stereocenters. The monoisotopic (exact) mass is 624 g/mol. The molecule has 0 amide bonds. The smallest absolute Gasteiger partial charge is 0.00261 e. The molecule has 0 bridgehead atoms. The molecule has 49 heavy (non-hydrogen) atoms. The van der Waals surface area contributed by atoms with E-state index in [1.165, 1.54) is 93.2 Å². The predicted octanol–water partition coefficient (Wildman–Crippen LogP) is 13.9. The largest absolute Gasteiger partial charge is 0.0651 e.